The van der Waals surface area contributed by atoms with Gasteiger partial charge in [-0.3, -0.25) is 4.98 Å². The van der Waals surface area contributed by atoms with Crippen molar-refractivity contribution in [3.8, 4) is 5.75 Å². The molecule has 5 nitrogen and oxygen atoms in total. The van der Waals surface area contributed by atoms with Crippen LogP contribution in [0.2, 0.25) is 5.02 Å². The van der Waals surface area contributed by atoms with Gasteiger partial charge in [-0.1, -0.05) is 29.8 Å². The molecule has 2 amide bonds. The molecule has 3 rings (SSSR count). The van der Waals surface area contributed by atoms with E-state index in [-0.39, 0.29) is 6.03 Å². The number of urea groups is 1. The number of nitrogens with zero attached hydrogens (tertiary/aromatic N) is 1. The zero-order valence-corrected chi connectivity index (χ0v) is 13.6. The Labute approximate surface area is 144 Å². The molecule has 0 atom stereocenters. The van der Waals surface area contributed by atoms with Gasteiger partial charge < -0.3 is 15.4 Å². The van der Waals surface area contributed by atoms with Gasteiger partial charge in [0.1, 0.15) is 12.4 Å². The maximum atomic E-state index is 12.0. The lowest BCUT2D eigenvalue weighted by Crippen LogP contribution is -2.32. The standard InChI is InChI=1S/C18H16ClN3O2/c19-14-6-8-15(9-7-14)24-12-11-21-18(23)22-16-5-1-3-13-4-2-10-20-17(13)16/h1-10H,11-12H2,(H2,21,22,23). The van der Waals surface area contributed by atoms with Gasteiger partial charge in [-0.15, -0.1) is 0 Å². The normalized spacial score (nSPS) is 10.4. The van der Waals surface area contributed by atoms with E-state index < -0.39 is 0 Å². The average molecular weight is 342 g/mol. The van der Waals surface area contributed by atoms with Crippen LogP contribution in [0.25, 0.3) is 10.9 Å². The summed E-state index contributed by atoms with van der Waals surface area (Å²) < 4.78 is 5.52. The Morgan fingerprint density at radius 3 is 2.71 bits per heavy atom. The molecule has 1 heterocycles. The van der Waals surface area contributed by atoms with Gasteiger partial charge in [0, 0.05) is 16.6 Å². The van der Waals surface area contributed by atoms with Crippen LogP contribution in [0.3, 0.4) is 0 Å². The molecule has 0 saturated carbocycles. The largest absolute Gasteiger partial charge is 0.492 e. The van der Waals surface area contributed by atoms with Gasteiger partial charge >= 0.3 is 6.03 Å². The summed E-state index contributed by atoms with van der Waals surface area (Å²) in [6, 6.07) is 16.2. The van der Waals surface area contributed by atoms with Crippen LogP contribution in [0.15, 0.2) is 60.8 Å². The molecule has 0 aliphatic heterocycles. The van der Waals surface area contributed by atoms with Gasteiger partial charge in [0.15, 0.2) is 0 Å². The Kier molecular flexibility index (Phi) is 5.13. The molecule has 24 heavy (non-hydrogen) atoms. The van der Waals surface area contributed by atoms with Crippen LogP contribution < -0.4 is 15.4 Å². The van der Waals surface area contributed by atoms with E-state index in [1.807, 2.05) is 30.3 Å². The molecule has 122 valence electrons. The molecule has 0 saturated heterocycles. The molecule has 0 bridgehead atoms. The van der Waals surface area contributed by atoms with Crippen LogP contribution in [0.5, 0.6) is 5.75 Å². The highest BCUT2D eigenvalue weighted by Gasteiger charge is 2.05. The Bertz CT molecular complexity index is 832. The second-order valence-corrected chi connectivity index (χ2v) is 5.50. The minimum atomic E-state index is -0.298. The topological polar surface area (TPSA) is 63.2 Å². The fourth-order valence-electron chi connectivity index (χ4n) is 2.24. The second kappa shape index (κ2) is 7.66. The van der Waals surface area contributed by atoms with Crippen molar-refractivity contribution in [1.29, 1.82) is 0 Å². The summed E-state index contributed by atoms with van der Waals surface area (Å²) in [6.07, 6.45) is 1.70. The molecule has 6 heteroatoms. The van der Waals surface area contributed by atoms with E-state index in [1.165, 1.54) is 0 Å². The van der Waals surface area contributed by atoms with Gasteiger partial charge in [0.25, 0.3) is 0 Å². The summed E-state index contributed by atoms with van der Waals surface area (Å²) in [4.78, 5) is 16.3. The molecule has 0 spiro atoms. The van der Waals surface area contributed by atoms with E-state index in [2.05, 4.69) is 15.6 Å². The number of para-hydroxylation sites is 1. The summed E-state index contributed by atoms with van der Waals surface area (Å²) in [7, 11) is 0. The summed E-state index contributed by atoms with van der Waals surface area (Å²) >= 11 is 5.81. The van der Waals surface area contributed by atoms with E-state index in [4.69, 9.17) is 16.3 Å². The third-order valence-corrected chi connectivity index (χ3v) is 3.60. The second-order valence-electron chi connectivity index (χ2n) is 5.06. The molecule has 0 unspecified atom stereocenters. The van der Waals surface area contributed by atoms with Gasteiger partial charge in [-0.25, -0.2) is 4.79 Å². The molecule has 0 aliphatic rings. The van der Waals surface area contributed by atoms with Gasteiger partial charge in [0.2, 0.25) is 0 Å². The molecular weight excluding hydrogens is 326 g/mol. The number of benzene rings is 2. The number of anilines is 1. The third-order valence-electron chi connectivity index (χ3n) is 3.35. The molecular formula is C18H16ClN3O2. The molecule has 1 aromatic heterocycles. The number of carbonyl (C=O) groups is 1. The zero-order chi connectivity index (χ0) is 16.8. The highest BCUT2D eigenvalue weighted by molar-refractivity contribution is 6.30. The highest BCUT2D eigenvalue weighted by atomic mass is 35.5. The van der Waals surface area contributed by atoms with Crippen molar-refractivity contribution in [3.05, 3.63) is 65.8 Å². The first-order chi connectivity index (χ1) is 11.7. The molecule has 0 aliphatic carbocycles. The number of carbonyl (C=O) groups excluding carboxylic acids is 1. The Hall–Kier alpha value is -2.79. The maximum absolute atomic E-state index is 12.0. The third kappa shape index (κ3) is 4.14. The van der Waals surface area contributed by atoms with Crippen LogP contribution in [-0.4, -0.2) is 24.2 Å². The molecule has 2 aromatic carbocycles. The highest BCUT2D eigenvalue weighted by Crippen LogP contribution is 2.20. The first-order valence-electron chi connectivity index (χ1n) is 7.49. The summed E-state index contributed by atoms with van der Waals surface area (Å²) in [5.74, 6) is 0.708. The fourth-order valence-corrected chi connectivity index (χ4v) is 2.36. The number of rotatable bonds is 5. The predicted molar refractivity (Wildman–Crippen MR) is 95.7 cm³/mol. The number of pyridine rings is 1. The number of amides is 2. The number of halogens is 1. The number of hydrogen-bond donors (Lipinski definition) is 2. The van der Waals surface area contributed by atoms with Crippen molar-refractivity contribution in [2.45, 2.75) is 0 Å². The smallest absolute Gasteiger partial charge is 0.319 e. The Balaban J connectivity index is 1.49. The molecule has 0 radical (unpaired) electrons. The van der Waals surface area contributed by atoms with E-state index >= 15 is 0 Å². The SMILES string of the molecule is O=C(NCCOc1ccc(Cl)cc1)Nc1cccc2cccnc12. The lowest BCUT2D eigenvalue weighted by Gasteiger charge is -2.10. The minimum Gasteiger partial charge on any atom is -0.492 e. The van der Waals surface area contributed by atoms with E-state index in [9.17, 15) is 4.79 Å². The van der Waals surface area contributed by atoms with Crippen molar-refractivity contribution in [2.24, 2.45) is 0 Å². The van der Waals surface area contributed by atoms with Crippen LogP contribution in [0.1, 0.15) is 0 Å². The summed E-state index contributed by atoms with van der Waals surface area (Å²) in [6.45, 7) is 0.746. The summed E-state index contributed by atoms with van der Waals surface area (Å²) in [5, 5.41) is 7.18. The van der Waals surface area contributed by atoms with E-state index in [1.54, 1.807) is 30.5 Å². The number of hydrogen-bond acceptors (Lipinski definition) is 3. The maximum Gasteiger partial charge on any atom is 0.319 e. The predicted octanol–water partition coefficient (Wildman–Crippen LogP) is 4.09. The monoisotopic (exact) mass is 341 g/mol. The van der Waals surface area contributed by atoms with Crippen molar-refractivity contribution >= 4 is 34.2 Å². The van der Waals surface area contributed by atoms with Crippen LogP contribution >= 0.6 is 11.6 Å². The van der Waals surface area contributed by atoms with Crippen molar-refractivity contribution in [2.75, 3.05) is 18.5 Å². The van der Waals surface area contributed by atoms with E-state index in [0.717, 1.165) is 10.9 Å². The van der Waals surface area contributed by atoms with Crippen LogP contribution in [-0.2, 0) is 0 Å². The number of fused-ring (bicyclic) bond motifs is 1. The van der Waals surface area contributed by atoms with Crippen molar-refractivity contribution < 1.29 is 9.53 Å². The van der Waals surface area contributed by atoms with Crippen LogP contribution in [0, 0.1) is 0 Å². The first-order valence-corrected chi connectivity index (χ1v) is 7.87. The molecule has 2 N–H and O–H groups in total. The van der Waals surface area contributed by atoms with Crippen LogP contribution in [0.4, 0.5) is 10.5 Å². The number of aromatic nitrogens is 1. The lowest BCUT2D eigenvalue weighted by molar-refractivity contribution is 0.247. The quantitative estimate of drug-likeness (QED) is 0.687. The molecule has 3 aromatic rings. The van der Waals surface area contributed by atoms with Crippen molar-refractivity contribution in [3.63, 3.8) is 0 Å². The Morgan fingerprint density at radius 1 is 1.08 bits per heavy atom. The van der Waals surface area contributed by atoms with Gasteiger partial charge in [-0.2, -0.15) is 0 Å². The number of ether oxygens (including phenoxy) is 1. The van der Waals surface area contributed by atoms with E-state index in [0.29, 0.717) is 29.6 Å². The number of nitrogens with one attached hydrogen (secondary N) is 2. The minimum absolute atomic E-state index is 0.298. The molecule has 0 fully saturated rings. The Morgan fingerprint density at radius 2 is 1.88 bits per heavy atom. The first kappa shape index (κ1) is 16.1. The van der Waals surface area contributed by atoms with Crippen molar-refractivity contribution in [1.82, 2.24) is 10.3 Å². The fraction of sp³-hybridized carbons (Fsp3) is 0.111. The summed E-state index contributed by atoms with van der Waals surface area (Å²) in [5.41, 5.74) is 1.43. The average Bonchev–Trinajstić information content (AvgIpc) is 2.61. The lowest BCUT2D eigenvalue weighted by atomic mass is 10.2. The van der Waals surface area contributed by atoms with Gasteiger partial charge in [0.05, 0.1) is 17.7 Å². The zero-order valence-electron chi connectivity index (χ0n) is 12.8. The van der Waals surface area contributed by atoms with Gasteiger partial charge in [-0.05, 0) is 36.4 Å².